The number of aromatic nitrogens is 3. The number of hydrogen-bond acceptors (Lipinski definition) is 3. The first-order valence-electron chi connectivity index (χ1n) is 16.1. The third kappa shape index (κ3) is 3.70. The lowest BCUT2D eigenvalue weighted by atomic mass is 9.81. The van der Waals surface area contributed by atoms with Crippen LogP contribution in [0.15, 0.2) is 144 Å². The minimum Gasteiger partial charge on any atom is -0.456 e. The number of para-hydroxylation sites is 2. The molecular formula is C43H29N3O. The van der Waals surface area contributed by atoms with Gasteiger partial charge in [-0.2, -0.15) is 0 Å². The van der Waals surface area contributed by atoms with Gasteiger partial charge in [-0.1, -0.05) is 123 Å². The first-order chi connectivity index (χ1) is 23.1. The van der Waals surface area contributed by atoms with E-state index in [1.807, 2.05) is 18.2 Å². The standard InChI is InChI=1S/C43H29N3O/c1-43(2)34-17-9-6-14-28(34)32-22-23-33-29-15-7-10-18-37(29)46(41(33)40(32)43)42-44-35(26-12-4-3-5-13-26)25-36(45-42)27-20-21-31-30-16-8-11-19-38(30)47-39(31)24-27/h3-25H,1-2H3. The predicted molar refractivity (Wildman–Crippen MR) is 192 cm³/mol. The van der Waals surface area contributed by atoms with E-state index in [0.29, 0.717) is 5.95 Å². The third-order valence-electron chi connectivity index (χ3n) is 10.0. The lowest BCUT2D eigenvalue weighted by Crippen LogP contribution is -2.17. The molecule has 0 bridgehead atoms. The Kier molecular flexibility index (Phi) is 5.31. The van der Waals surface area contributed by atoms with Crippen LogP contribution >= 0.6 is 0 Å². The van der Waals surface area contributed by atoms with E-state index < -0.39 is 0 Å². The molecule has 0 radical (unpaired) electrons. The summed E-state index contributed by atoms with van der Waals surface area (Å²) in [5, 5.41) is 4.61. The van der Waals surface area contributed by atoms with E-state index in [0.717, 1.165) is 55.5 Å². The number of rotatable bonds is 3. The molecule has 0 saturated heterocycles. The fourth-order valence-electron chi connectivity index (χ4n) is 7.84. The van der Waals surface area contributed by atoms with Gasteiger partial charge in [0.25, 0.3) is 0 Å². The SMILES string of the molecule is CC1(C)c2ccccc2-c2ccc3c4ccccc4n(-c4nc(-c5ccccc5)cc(-c5ccc6c(c5)oc5ccccc56)n4)c3c21. The average Bonchev–Trinajstić information content (AvgIpc) is 3.74. The minimum atomic E-state index is -0.205. The maximum atomic E-state index is 6.30. The van der Waals surface area contributed by atoms with Crippen LogP contribution in [0.5, 0.6) is 0 Å². The Labute approximate surface area is 271 Å². The highest BCUT2D eigenvalue weighted by Gasteiger charge is 2.38. The summed E-state index contributed by atoms with van der Waals surface area (Å²) in [6.07, 6.45) is 0. The Morgan fingerprint density at radius 3 is 2.09 bits per heavy atom. The van der Waals surface area contributed by atoms with Gasteiger partial charge in [0.05, 0.1) is 22.4 Å². The molecule has 0 N–H and O–H groups in total. The molecular weight excluding hydrogens is 574 g/mol. The normalized spacial score (nSPS) is 13.5. The van der Waals surface area contributed by atoms with Crippen molar-refractivity contribution in [2.75, 3.05) is 0 Å². The molecule has 10 rings (SSSR count). The summed E-state index contributed by atoms with van der Waals surface area (Å²) >= 11 is 0. The highest BCUT2D eigenvalue weighted by atomic mass is 16.3. The molecule has 3 aromatic heterocycles. The van der Waals surface area contributed by atoms with Crippen LogP contribution in [0, 0.1) is 0 Å². The number of furan rings is 1. The molecule has 0 atom stereocenters. The molecule has 0 amide bonds. The largest absolute Gasteiger partial charge is 0.456 e. The van der Waals surface area contributed by atoms with E-state index in [4.69, 9.17) is 14.4 Å². The molecule has 4 nitrogen and oxygen atoms in total. The third-order valence-corrected chi connectivity index (χ3v) is 10.0. The molecule has 1 aliphatic carbocycles. The van der Waals surface area contributed by atoms with Crippen LogP contribution in [0.1, 0.15) is 25.0 Å². The molecule has 0 saturated carbocycles. The summed E-state index contributed by atoms with van der Waals surface area (Å²) in [6.45, 7) is 4.68. The summed E-state index contributed by atoms with van der Waals surface area (Å²) in [5.41, 5.74) is 12.7. The maximum absolute atomic E-state index is 6.30. The quantitative estimate of drug-likeness (QED) is 0.202. The second-order valence-electron chi connectivity index (χ2n) is 13.0. The van der Waals surface area contributed by atoms with Crippen molar-refractivity contribution < 1.29 is 4.42 Å². The van der Waals surface area contributed by atoms with Gasteiger partial charge in [0, 0.05) is 38.1 Å². The second-order valence-corrected chi connectivity index (χ2v) is 13.0. The monoisotopic (exact) mass is 603 g/mol. The van der Waals surface area contributed by atoms with Crippen LogP contribution in [0.2, 0.25) is 0 Å². The summed E-state index contributed by atoms with van der Waals surface area (Å²) in [4.78, 5) is 10.7. The molecule has 222 valence electrons. The van der Waals surface area contributed by atoms with Crippen molar-refractivity contribution in [3.63, 3.8) is 0 Å². The molecule has 0 unspecified atom stereocenters. The molecule has 1 aliphatic rings. The molecule has 4 heteroatoms. The Morgan fingerprint density at radius 1 is 0.532 bits per heavy atom. The smallest absolute Gasteiger partial charge is 0.235 e. The predicted octanol–water partition coefficient (Wildman–Crippen LogP) is 11.1. The Hall–Kier alpha value is -6.00. The van der Waals surface area contributed by atoms with Gasteiger partial charge in [0.15, 0.2) is 0 Å². The van der Waals surface area contributed by atoms with Crippen LogP contribution in [0.3, 0.4) is 0 Å². The zero-order chi connectivity index (χ0) is 31.3. The van der Waals surface area contributed by atoms with E-state index in [1.165, 1.54) is 33.0 Å². The van der Waals surface area contributed by atoms with Crippen molar-refractivity contribution >= 4 is 43.7 Å². The first kappa shape index (κ1) is 26.2. The van der Waals surface area contributed by atoms with Crippen LogP contribution in [0.4, 0.5) is 0 Å². The lowest BCUT2D eigenvalue weighted by Gasteiger charge is -2.23. The summed E-state index contributed by atoms with van der Waals surface area (Å²) < 4.78 is 8.60. The fourth-order valence-corrected chi connectivity index (χ4v) is 7.84. The zero-order valence-electron chi connectivity index (χ0n) is 26.0. The molecule has 9 aromatic rings. The van der Waals surface area contributed by atoms with Gasteiger partial charge >= 0.3 is 0 Å². The van der Waals surface area contributed by atoms with Crippen molar-refractivity contribution in [2.45, 2.75) is 19.3 Å². The van der Waals surface area contributed by atoms with Crippen LogP contribution < -0.4 is 0 Å². The van der Waals surface area contributed by atoms with Gasteiger partial charge in [-0.05, 0) is 52.6 Å². The minimum absolute atomic E-state index is 0.205. The molecule has 0 fully saturated rings. The Balaban J connectivity index is 1.29. The van der Waals surface area contributed by atoms with E-state index >= 15 is 0 Å². The summed E-state index contributed by atoms with van der Waals surface area (Å²) in [7, 11) is 0. The fraction of sp³-hybridized carbons (Fsp3) is 0.0698. The number of fused-ring (bicyclic) bond motifs is 10. The van der Waals surface area contributed by atoms with Gasteiger partial charge in [-0.25, -0.2) is 9.97 Å². The van der Waals surface area contributed by atoms with Crippen LogP contribution in [0.25, 0.3) is 83.3 Å². The molecule has 0 aliphatic heterocycles. The van der Waals surface area contributed by atoms with Crippen molar-refractivity contribution in [2.24, 2.45) is 0 Å². The lowest BCUT2D eigenvalue weighted by molar-refractivity contribution is 0.663. The average molecular weight is 604 g/mol. The van der Waals surface area contributed by atoms with Gasteiger partial charge in [-0.15, -0.1) is 0 Å². The molecule has 3 heterocycles. The molecule has 6 aromatic carbocycles. The zero-order valence-corrected chi connectivity index (χ0v) is 26.0. The first-order valence-corrected chi connectivity index (χ1v) is 16.1. The van der Waals surface area contributed by atoms with Crippen molar-refractivity contribution in [3.05, 3.63) is 151 Å². The van der Waals surface area contributed by atoms with E-state index in [2.05, 4.69) is 140 Å². The summed E-state index contributed by atoms with van der Waals surface area (Å²) in [5.74, 6) is 0.650. The highest BCUT2D eigenvalue weighted by molar-refractivity contribution is 6.13. The van der Waals surface area contributed by atoms with E-state index in [-0.39, 0.29) is 5.41 Å². The Morgan fingerprint density at radius 2 is 1.21 bits per heavy atom. The van der Waals surface area contributed by atoms with Crippen molar-refractivity contribution in [1.82, 2.24) is 14.5 Å². The highest BCUT2D eigenvalue weighted by Crippen LogP contribution is 2.52. The van der Waals surface area contributed by atoms with Crippen molar-refractivity contribution in [1.29, 1.82) is 0 Å². The van der Waals surface area contributed by atoms with Gasteiger partial charge in [0.1, 0.15) is 11.2 Å². The number of nitrogens with zero attached hydrogens (tertiary/aromatic N) is 3. The molecule has 0 spiro atoms. The second kappa shape index (κ2) is 9.51. The van der Waals surface area contributed by atoms with Crippen LogP contribution in [-0.2, 0) is 5.41 Å². The topological polar surface area (TPSA) is 43.9 Å². The van der Waals surface area contributed by atoms with Gasteiger partial charge in [-0.3, -0.25) is 4.57 Å². The number of benzene rings is 6. The summed E-state index contributed by atoms with van der Waals surface area (Å²) in [6, 6.07) is 49.1. The Bertz CT molecular complexity index is 2710. The van der Waals surface area contributed by atoms with E-state index in [9.17, 15) is 0 Å². The van der Waals surface area contributed by atoms with E-state index in [1.54, 1.807) is 0 Å². The van der Waals surface area contributed by atoms with Gasteiger partial charge < -0.3 is 4.42 Å². The van der Waals surface area contributed by atoms with Crippen molar-refractivity contribution in [3.8, 4) is 39.6 Å². The van der Waals surface area contributed by atoms with Crippen LogP contribution in [-0.4, -0.2) is 14.5 Å². The number of hydrogen-bond donors (Lipinski definition) is 0. The maximum Gasteiger partial charge on any atom is 0.235 e. The van der Waals surface area contributed by atoms with Gasteiger partial charge in [0.2, 0.25) is 5.95 Å². The molecule has 47 heavy (non-hydrogen) atoms.